The van der Waals surface area contributed by atoms with Crippen LogP contribution in [-0.4, -0.2) is 36.2 Å². The number of halogens is 1. The molecule has 0 bridgehead atoms. The van der Waals surface area contributed by atoms with Crippen LogP contribution in [0.1, 0.15) is 22.7 Å². The second-order valence-electron chi connectivity index (χ2n) is 7.36. The monoisotopic (exact) mass is 451 g/mol. The number of hydrogen-bond donors (Lipinski definition) is 1. The molecule has 5 heteroatoms. The quantitative estimate of drug-likeness (QED) is 0.579. The third-order valence-electron chi connectivity index (χ3n) is 5.64. The zero-order valence-corrected chi connectivity index (χ0v) is 17.7. The lowest BCUT2D eigenvalue weighted by Crippen LogP contribution is -2.64. The van der Waals surface area contributed by atoms with Crippen molar-refractivity contribution in [3.8, 4) is 5.75 Å². The third-order valence-corrected chi connectivity index (χ3v) is 6.33. The lowest BCUT2D eigenvalue weighted by atomic mass is 9.72. The molecule has 1 N–H and O–H groups in total. The Morgan fingerprint density at radius 1 is 1.00 bits per heavy atom. The van der Waals surface area contributed by atoms with Crippen molar-refractivity contribution in [2.75, 3.05) is 20.2 Å². The van der Waals surface area contributed by atoms with Crippen LogP contribution in [0.15, 0.2) is 83.3 Å². The Kier molecular flexibility index (Phi) is 5.43. The summed E-state index contributed by atoms with van der Waals surface area (Å²) in [5.74, 6) is -0.160. The topological polar surface area (TPSA) is 49.8 Å². The molecule has 1 aliphatic rings. The molecule has 0 aromatic heterocycles. The second kappa shape index (κ2) is 8.01. The number of carboxylic acid groups (broad SMARTS) is 1. The zero-order chi connectivity index (χ0) is 20.4. The van der Waals surface area contributed by atoms with Gasteiger partial charge < -0.3 is 9.84 Å². The smallest absolute Gasteiger partial charge is 0.316 e. The molecule has 1 heterocycles. The van der Waals surface area contributed by atoms with Crippen molar-refractivity contribution in [2.24, 2.45) is 0 Å². The first-order valence-electron chi connectivity index (χ1n) is 9.46. The van der Waals surface area contributed by atoms with E-state index in [1.165, 1.54) is 0 Å². The number of nitrogens with zero attached hydrogens (tertiary/aromatic N) is 1. The molecule has 0 atom stereocenters. The van der Waals surface area contributed by atoms with E-state index in [9.17, 15) is 9.90 Å². The van der Waals surface area contributed by atoms with Crippen LogP contribution in [0.5, 0.6) is 5.75 Å². The van der Waals surface area contributed by atoms with Crippen LogP contribution in [0.25, 0.3) is 0 Å². The fraction of sp³-hybridized carbons (Fsp3) is 0.208. The van der Waals surface area contributed by atoms with Gasteiger partial charge in [0.05, 0.1) is 13.2 Å². The van der Waals surface area contributed by atoms with Gasteiger partial charge in [-0.1, -0.05) is 76.6 Å². The van der Waals surface area contributed by atoms with E-state index < -0.39 is 11.4 Å². The maximum atomic E-state index is 12.4. The maximum Gasteiger partial charge on any atom is 0.316 e. The van der Waals surface area contributed by atoms with Gasteiger partial charge in [0.1, 0.15) is 11.2 Å². The molecule has 3 aromatic rings. The normalized spacial score (nSPS) is 15.7. The Labute approximate surface area is 178 Å². The molecule has 0 spiro atoms. The van der Waals surface area contributed by atoms with Crippen molar-refractivity contribution in [3.63, 3.8) is 0 Å². The van der Waals surface area contributed by atoms with Crippen LogP contribution in [0.4, 0.5) is 0 Å². The number of ether oxygens (including phenoxy) is 1. The van der Waals surface area contributed by atoms with E-state index >= 15 is 0 Å². The van der Waals surface area contributed by atoms with E-state index in [2.05, 4.69) is 45.1 Å². The molecule has 29 heavy (non-hydrogen) atoms. The predicted octanol–water partition coefficient (Wildman–Crippen LogP) is 4.89. The molecule has 148 valence electrons. The van der Waals surface area contributed by atoms with E-state index in [4.69, 9.17) is 4.74 Å². The maximum absolute atomic E-state index is 12.4. The summed E-state index contributed by atoms with van der Waals surface area (Å²) in [6.07, 6.45) is 0. The van der Waals surface area contributed by atoms with E-state index in [0.717, 1.165) is 21.2 Å². The van der Waals surface area contributed by atoms with E-state index in [1.54, 1.807) is 7.11 Å². The van der Waals surface area contributed by atoms with Gasteiger partial charge in [0.15, 0.2) is 0 Å². The first-order chi connectivity index (χ1) is 14.0. The lowest BCUT2D eigenvalue weighted by Gasteiger charge is -2.51. The minimum atomic E-state index is -0.977. The van der Waals surface area contributed by atoms with Crippen molar-refractivity contribution < 1.29 is 14.6 Å². The van der Waals surface area contributed by atoms with Crippen LogP contribution >= 0.6 is 15.9 Å². The van der Waals surface area contributed by atoms with Crippen LogP contribution in [0, 0.1) is 0 Å². The first-order valence-corrected chi connectivity index (χ1v) is 10.3. The second-order valence-corrected chi connectivity index (χ2v) is 8.22. The molecular weight excluding hydrogens is 430 g/mol. The Hall–Kier alpha value is -2.63. The summed E-state index contributed by atoms with van der Waals surface area (Å²) in [6, 6.07) is 26.0. The van der Waals surface area contributed by atoms with E-state index in [-0.39, 0.29) is 6.04 Å². The fourth-order valence-electron chi connectivity index (χ4n) is 4.13. The van der Waals surface area contributed by atoms with Crippen molar-refractivity contribution in [3.05, 3.63) is 100 Å². The number of likely N-dealkylation sites (tertiary alicyclic amines) is 1. The Bertz CT molecular complexity index is 962. The summed E-state index contributed by atoms with van der Waals surface area (Å²) in [5, 5.41) is 10.2. The van der Waals surface area contributed by atoms with Gasteiger partial charge in [0, 0.05) is 17.6 Å². The van der Waals surface area contributed by atoms with Gasteiger partial charge >= 0.3 is 5.97 Å². The van der Waals surface area contributed by atoms with Gasteiger partial charge in [-0.2, -0.15) is 0 Å². The van der Waals surface area contributed by atoms with Crippen molar-refractivity contribution in [1.29, 1.82) is 0 Å². The summed E-state index contributed by atoms with van der Waals surface area (Å²) >= 11 is 3.55. The average Bonchev–Trinajstić information content (AvgIpc) is 2.72. The minimum absolute atomic E-state index is 0.00857. The van der Waals surface area contributed by atoms with Gasteiger partial charge in [-0.25, -0.2) is 0 Å². The summed E-state index contributed by atoms with van der Waals surface area (Å²) in [5.41, 5.74) is 2.08. The number of methoxy groups -OCH3 is 1. The Balaban J connectivity index is 1.71. The molecule has 4 nitrogen and oxygen atoms in total. The van der Waals surface area contributed by atoms with Gasteiger partial charge in [0.2, 0.25) is 0 Å². The zero-order valence-electron chi connectivity index (χ0n) is 16.1. The van der Waals surface area contributed by atoms with Gasteiger partial charge in [0.25, 0.3) is 0 Å². The van der Waals surface area contributed by atoms with E-state index in [0.29, 0.717) is 18.8 Å². The Morgan fingerprint density at radius 2 is 1.55 bits per heavy atom. The van der Waals surface area contributed by atoms with Crippen molar-refractivity contribution >= 4 is 21.9 Å². The highest BCUT2D eigenvalue weighted by molar-refractivity contribution is 9.10. The van der Waals surface area contributed by atoms with Gasteiger partial charge in [-0.05, 0) is 34.9 Å². The van der Waals surface area contributed by atoms with Crippen molar-refractivity contribution in [2.45, 2.75) is 11.5 Å². The fourth-order valence-corrected chi connectivity index (χ4v) is 4.76. The molecule has 0 saturated carbocycles. The molecule has 0 amide bonds. The minimum Gasteiger partial charge on any atom is -0.497 e. The highest BCUT2D eigenvalue weighted by atomic mass is 79.9. The van der Waals surface area contributed by atoms with Crippen molar-refractivity contribution in [1.82, 2.24) is 4.90 Å². The largest absolute Gasteiger partial charge is 0.497 e. The molecule has 1 fully saturated rings. The molecular formula is C24H22BrNO3. The predicted molar refractivity (Wildman–Crippen MR) is 116 cm³/mol. The number of benzene rings is 3. The summed E-state index contributed by atoms with van der Waals surface area (Å²) in [6.45, 7) is 0.838. The highest BCUT2D eigenvalue weighted by Gasteiger charge is 2.54. The van der Waals surface area contributed by atoms with Crippen LogP contribution in [0.3, 0.4) is 0 Å². The average molecular weight is 452 g/mol. The summed E-state index contributed by atoms with van der Waals surface area (Å²) < 4.78 is 6.13. The number of rotatable bonds is 6. The third kappa shape index (κ3) is 3.56. The van der Waals surface area contributed by atoms with Crippen LogP contribution < -0.4 is 4.74 Å². The molecule has 1 aliphatic heterocycles. The molecule has 4 rings (SSSR count). The Morgan fingerprint density at radius 3 is 2.03 bits per heavy atom. The molecule has 1 saturated heterocycles. The molecule has 0 unspecified atom stereocenters. The first kappa shape index (κ1) is 19.7. The standard InChI is InChI=1S/C24H22BrNO3/c1-29-19-12-13-21(25)20(14-19)24(23(27)28)15-26(16-24)22(17-8-4-2-5-9-17)18-10-6-3-7-11-18/h2-14,22H,15-16H2,1H3,(H,27,28). The SMILES string of the molecule is COc1ccc(Br)c(C2(C(=O)O)CN(C(c3ccccc3)c3ccccc3)C2)c1. The van der Waals surface area contributed by atoms with Crippen LogP contribution in [-0.2, 0) is 10.2 Å². The molecule has 0 aliphatic carbocycles. The summed E-state index contributed by atoms with van der Waals surface area (Å²) in [7, 11) is 1.59. The number of aliphatic carboxylic acids is 1. The summed E-state index contributed by atoms with van der Waals surface area (Å²) in [4.78, 5) is 14.6. The number of carbonyl (C=O) groups is 1. The number of hydrogen-bond acceptors (Lipinski definition) is 3. The lowest BCUT2D eigenvalue weighted by molar-refractivity contribution is -0.152. The van der Waals surface area contributed by atoms with Gasteiger partial charge in [-0.3, -0.25) is 9.69 Å². The molecule has 3 aromatic carbocycles. The van der Waals surface area contributed by atoms with Gasteiger partial charge in [-0.15, -0.1) is 0 Å². The number of carboxylic acids is 1. The van der Waals surface area contributed by atoms with E-state index in [1.807, 2.05) is 54.6 Å². The molecule has 0 radical (unpaired) electrons. The highest BCUT2D eigenvalue weighted by Crippen LogP contribution is 2.45. The van der Waals surface area contributed by atoms with Crippen LogP contribution in [0.2, 0.25) is 0 Å².